The molecule has 15 heavy (non-hydrogen) atoms. The summed E-state index contributed by atoms with van der Waals surface area (Å²) in [6, 6.07) is 3.77. The average molecular weight is 273 g/mol. The Labute approximate surface area is 99.1 Å². The molecule has 2 N–H and O–H groups in total. The van der Waals surface area contributed by atoms with Gasteiger partial charge in [-0.1, -0.05) is 13.8 Å². The molecule has 0 radical (unpaired) electrons. The van der Waals surface area contributed by atoms with Crippen molar-refractivity contribution in [1.82, 2.24) is 4.98 Å². The molecule has 0 saturated carbocycles. The van der Waals surface area contributed by atoms with E-state index in [1.807, 2.05) is 32.9 Å². The maximum atomic E-state index is 10.0. The molecule has 0 saturated heterocycles. The molecule has 0 spiro atoms. The van der Waals surface area contributed by atoms with E-state index in [2.05, 4.69) is 26.2 Å². The molecule has 1 aromatic rings. The smallest absolute Gasteiger partial charge is 0.140 e. The molecule has 84 valence electrons. The quantitative estimate of drug-likeness (QED) is 0.886. The predicted molar refractivity (Wildman–Crippen MR) is 65.9 cm³/mol. The number of anilines is 1. The van der Waals surface area contributed by atoms with Gasteiger partial charge in [-0.3, -0.25) is 0 Å². The van der Waals surface area contributed by atoms with Crippen molar-refractivity contribution < 1.29 is 5.11 Å². The minimum Gasteiger partial charge on any atom is -0.388 e. The van der Waals surface area contributed by atoms with Gasteiger partial charge >= 0.3 is 0 Å². The lowest BCUT2D eigenvalue weighted by Crippen LogP contribution is -2.38. The molecule has 1 atom stereocenters. The van der Waals surface area contributed by atoms with Crippen LogP contribution >= 0.6 is 15.9 Å². The Morgan fingerprint density at radius 3 is 2.80 bits per heavy atom. The van der Waals surface area contributed by atoms with Crippen molar-refractivity contribution in [3.05, 3.63) is 22.8 Å². The van der Waals surface area contributed by atoms with Crippen LogP contribution in [0.4, 0.5) is 5.82 Å². The van der Waals surface area contributed by atoms with Crippen LogP contribution in [0.3, 0.4) is 0 Å². The summed E-state index contributed by atoms with van der Waals surface area (Å²) < 4.78 is 0.907. The summed E-state index contributed by atoms with van der Waals surface area (Å²) in [5.41, 5.74) is -0.725. The third-order valence-corrected chi connectivity index (χ3v) is 3.26. The number of nitrogens with zero attached hydrogens (tertiary/aromatic N) is 1. The van der Waals surface area contributed by atoms with Crippen molar-refractivity contribution in [2.75, 3.05) is 11.9 Å². The molecule has 0 aliphatic rings. The number of halogens is 1. The number of pyridine rings is 1. The second-order valence-electron chi connectivity index (χ2n) is 4.20. The van der Waals surface area contributed by atoms with Crippen LogP contribution in [0.15, 0.2) is 22.8 Å². The van der Waals surface area contributed by atoms with Crippen LogP contribution < -0.4 is 5.32 Å². The van der Waals surface area contributed by atoms with Crippen molar-refractivity contribution in [3.8, 4) is 0 Å². The van der Waals surface area contributed by atoms with Gasteiger partial charge in [0.05, 0.1) is 10.1 Å². The normalized spacial score (nSPS) is 15.1. The van der Waals surface area contributed by atoms with Gasteiger partial charge in [0.15, 0.2) is 0 Å². The average Bonchev–Trinajstić information content (AvgIpc) is 2.16. The zero-order valence-electron chi connectivity index (χ0n) is 9.29. The minimum atomic E-state index is -0.725. The largest absolute Gasteiger partial charge is 0.388 e. The van der Waals surface area contributed by atoms with Gasteiger partial charge in [0, 0.05) is 12.7 Å². The highest BCUT2D eigenvalue weighted by atomic mass is 79.9. The van der Waals surface area contributed by atoms with E-state index in [0.717, 1.165) is 10.3 Å². The molecule has 0 aliphatic heterocycles. The number of aliphatic hydroxyl groups is 1. The summed E-state index contributed by atoms with van der Waals surface area (Å²) in [4.78, 5) is 4.17. The Bertz CT molecular complexity index is 326. The summed E-state index contributed by atoms with van der Waals surface area (Å²) in [7, 11) is 0. The second-order valence-corrected chi connectivity index (χ2v) is 5.05. The van der Waals surface area contributed by atoms with Crippen molar-refractivity contribution in [3.63, 3.8) is 0 Å². The minimum absolute atomic E-state index is 0.201. The lowest BCUT2D eigenvalue weighted by atomic mass is 9.93. The second kappa shape index (κ2) is 4.94. The van der Waals surface area contributed by atoms with Gasteiger partial charge < -0.3 is 10.4 Å². The molecule has 4 heteroatoms. The van der Waals surface area contributed by atoms with Crippen LogP contribution in [0.25, 0.3) is 0 Å². The van der Waals surface area contributed by atoms with Crippen LogP contribution in [0, 0.1) is 5.92 Å². The molecule has 0 aliphatic carbocycles. The molecule has 0 fully saturated rings. The van der Waals surface area contributed by atoms with Crippen LogP contribution in [-0.4, -0.2) is 22.2 Å². The van der Waals surface area contributed by atoms with E-state index >= 15 is 0 Å². The Kier molecular flexibility index (Phi) is 4.11. The first-order chi connectivity index (χ1) is 6.93. The van der Waals surface area contributed by atoms with Gasteiger partial charge in [-0.2, -0.15) is 0 Å². The summed E-state index contributed by atoms with van der Waals surface area (Å²) >= 11 is 3.39. The molecule has 1 aromatic heterocycles. The molecule has 0 aromatic carbocycles. The molecule has 3 nitrogen and oxygen atoms in total. The van der Waals surface area contributed by atoms with E-state index in [1.54, 1.807) is 6.20 Å². The molecule has 1 unspecified atom stereocenters. The van der Waals surface area contributed by atoms with Gasteiger partial charge in [-0.15, -0.1) is 0 Å². The zero-order valence-corrected chi connectivity index (χ0v) is 10.9. The van der Waals surface area contributed by atoms with E-state index < -0.39 is 5.60 Å². The van der Waals surface area contributed by atoms with E-state index in [0.29, 0.717) is 6.54 Å². The number of nitrogens with one attached hydrogen (secondary N) is 1. The van der Waals surface area contributed by atoms with E-state index in [9.17, 15) is 5.11 Å². The van der Waals surface area contributed by atoms with Crippen molar-refractivity contribution in [2.24, 2.45) is 5.92 Å². The SMILES string of the molecule is CC(C)C(C)(O)CNc1ncccc1Br. The Hall–Kier alpha value is -0.610. The van der Waals surface area contributed by atoms with Crippen molar-refractivity contribution >= 4 is 21.7 Å². The zero-order chi connectivity index (χ0) is 11.5. The van der Waals surface area contributed by atoms with Crippen LogP contribution in [0.1, 0.15) is 20.8 Å². The maximum absolute atomic E-state index is 10.0. The molecule has 0 bridgehead atoms. The van der Waals surface area contributed by atoms with Crippen molar-refractivity contribution in [2.45, 2.75) is 26.4 Å². The highest BCUT2D eigenvalue weighted by Crippen LogP contribution is 2.21. The predicted octanol–water partition coefficient (Wildman–Crippen LogP) is 2.66. The van der Waals surface area contributed by atoms with Gasteiger partial charge in [0.25, 0.3) is 0 Å². The van der Waals surface area contributed by atoms with E-state index in [4.69, 9.17) is 0 Å². The first kappa shape index (κ1) is 12.5. The number of hydrogen-bond donors (Lipinski definition) is 2. The Morgan fingerprint density at radius 2 is 2.27 bits per heavy atom. The number of hydrogen-bond acceptors (Lipinski definition) is 3. The maximum Gasteiger partial charge on any atom is 0.140 e. The molecule has 0 amide bonds. The number of rotatable bonds is 4. The van der Waals surface area contributed by atoms with E-state index in [1.165, 1.54) is 0 Å². The lowest BCUT2D eigenvalue weighted by Gasteiger charge is -2.28. The Morgan fingerprint density at radius 1 is 1.60 bits per heavy atom. The highest BCUT2D eigenvalue weighted by Gasteiger charge is 2.24. The molecule has 1 heterocycles. The van der Waals surface area contributed by atoms with Gasteiger partial charge in [-0.05, 0) is 40.9 Å². The fourth-order valence-electron chi connectivity index (χ4n) is 0.983. The van der Waals surface area contributed by atoms with Gasteiger partial charge in [-0.25, -0.2) is 4.98 Å². The van der Waals surface area contributed by atoms with Crippen molar-refractivity contribution in [1.29, 1.82) is 0 Å². The fraction of sp³-hybridized carbons (Fsp3) is 0.545. The Balaban J connectivity index is 2.62. The molecular weight excluding hydrogens is 256 g/mol. The highest BCUT2D eigenvalue weighted by molar-refractivity contribution is 9.10. The van der Waals surface area contributed by atoms with Crippen LogP contribution in [0.2, 0.25) is 0 Å². The summed E-state index contributed by atoms with van der Waals surface area (Å²) in [5.74, 6) is 0.964. The van der Waals surface area contributed by atoms with E-state index in [-0.39, 0.29) is 5.92 Å². The summed E-state index contributed by atoms with van der Waals surface area (Å²) in [6.45, 7) is 6.30. The standard InChI is InChI=1S/C11H17BrN2O/c1-8(2)11(3,15)7-14-10-9(12)5-4-6-13-10/h4-6,8,15H,7H2,1-3H3,(H,13,14). The summed E-state index contributed by atoms with van der Waals surface area (Å²) in [6.07, 6.45) is 1.72. The monoisotopic (exact) mass is 272 g/mol. The van der Waals surface area contributed by atoms with Gasteiger partial charge in [0.1, 0.15) is 5.82 Å². The van der Waals surface area contributed by atoms with Crippen LogP contribution in [-0.2, 0) is 0 Å². The summed E-state index contributed by atoms with van der Waals surface area (Å²) in [5, 5.41) is 13.2. The molecular formula is C11H17BrN2O. The first-order valence-corrected chi connectivity index (χ1v) is 5.79. The number of aromatic nitrogens is 1. The van der Waals surface area contributed by atoms with Gasteiger partial charge in [0.2, 0.25) is 0 Å². The fourth-order valence-corrected chi connectivity index (χ4v) is 1.38. The lowest BCUT2D eigenvalue weighted by molar-refractivity contribution is 0.0265. The first-order valence-electron chi connectivity index (χ1n) is 5.00. The topological polar surface area (TPSA) is 45.1 Å². The third kappa shape index (κ3) is 3.47. The third-order valence-electron chi connectivity index (χ3n) is 2.62. The molecule has 1 rings (SSSR count). The van der Waals surface area contributed by atoms with Crippen LogP contribution in [0.5, 0.6) is 0 Å².